The largest absolute Gasteiger partial charge is 0.466 e. The Balaban J connectivity index is 1.98. The fraction of sp³-hybridized carbons (Fsp3) is 0.579. The lowest BCUT2D eigenvalue weighted by molar-refractivity contribution is -0.150. The third kappa shape index (κ3) is 6.00. The Morgan fingerprint density at radius 3 is 2.35 bits per heavy atom. The molecule has 1 aliphatic carbocycles. The van der Waals surface area contributed by atoms with Crippen LogP contribution in [0, 0.1) is 5.92 Å². The van der Waals surface area contributed by atoms with Crippen LogP contribution in [0.2, 0.25) is 0 Å². The van der Waals surface area contributed by atoms with Gasteiger partial charge in [-0.3, -0.25) is 4.79 Å². The van der Waals surface area contributed by atoms with E-state index in [0.717, 1.165) is 5.56 Å². The standard InChI is InChI=1S/C19H27NO6/c1-2-25-18(23)14-8-10-16(21)17(22)11-9-15(14)20-19(24)26-12-13-6-4-3-5-7-13/h3-7,14-17,21-22H,2,8-12H2,1H3,(H,20,24)/t14-,15+,16+,17-/m1/s1. The molecule has 1 aliphatic rings. The van der Waals surface area contributed by atoms with Gasteiger partial charge in [-0.15, -0.1) is 0 Å². The highest BCUT2D eigenvalue weighted by Crippen LogP contribution is 2.25. The maximum Gasteiger partial charge on any atom is 0.407 e. The highest BCUT2D eigenvalue weighted by molar-refractivity contribution is 5.75. The third-order valence-corrected chi connectivity index (χ3v) is 4.58. The zero-order valence-corrected chi connectivity index (χ0v) is 15.0. The van der Waals surface area contributed by atoms with Crippen molar-refractivity contribution in [2.45, 2.75) is 57.5 Å². The summed E-state index contributed by atoms with van der Waals surface area (Å²) in [6.07, 6.45) is -1.16. The predicted octanol–water partition coefficient (Wildman–Crippen LogP) is 1.76. The summed E-state index contributed by atoms with van der Waals surface area (Å²) in [4.78, 5) is 24.4. The summed E-state index contributed by atoms with van der Waals surface area (Å²) in [6, 6.07) is 8.77. The minimum Gasteiger partial charge on any atom is -0.466 e. The molecule has 0 unspecified atom stereocenters. The van der Waals surface area contributed by atoms with E-state index in [9.17, 15) is 19.8 Å². The fourth-order valence-corrected chi connectivity index (χ4v) is 3.11. The van der Waals surface area contributed by atoms with Crippen LogP contribution in [0.3, 0.4) is 0 Å². The van der Waals surface area contributed by atoms with Crippen LogP contribution in [0.1, 0.15) is 38.2 Å². The minimum absolute atomic E-state index is 0.130. The van der Waals surface area contributed by atoms with E-state index in [-0.39, 0.29) is 26.1 Å². The summed E-state index contributed by atoms with van der Waals surface area (Å²) in [6.45, 7) is 2.09. The summed E-state index contributed by atoms with van der Waals surface area (Å²) in [5.41, 5.74) is 0.862. The summed E-state index contributed by atoms with van der Waals surface area (Å²) >= 11 is 0. The zero-order valence-electron chi connectivity index (χ0n) is 15.0. The van der Waals surface area contributed by atoms with Crippen LogP contribution in [0.4, 0.5) is 4.79 Å². The van der Waals surface area contributed by atoms with Crippen LogP contribution < -0.4 is 5.32 Å². The van der Waals surface area contributed by atoms with Crippen LogP contribution >= 0.6 is 0 Å². The molecule has 1 aromatic rings. The van der Waals surface area contributed by atoms with Gasteiger partial charge in [0.15, 0.2) is 0 Å². The van der Waals surface area contributed by atoms with E-state index in [4.69, 9.17) is 9.47 Å². The van der Waals surface area contributed by atoms with Crippen molar-refractivity contribution in [1.82, 2.24) is 5.32 Å². The molecule has 26 heavy (non-hydrogen) atoms. The van der Waals surface area contributed by atoms with Gasteiger partial charge >= 0.3 is 12.1 Å². The lowest BCUT2D eigenvalue weighted by Crippen LogP contribution is -2.47. The molecular weight excluding hydrogens is 338 g/mol. The van der Waals surface area contributed by atoms with Gasteiger partial charge in [-0.05, 0) is 38.2 Å². The van der Waals surface area contributed by atoms with E-state index in [1.165, 1.54) is 0 Å². The number of aliphatic hydroxyl groups is 2. The Morgan fingerprint density at radius 1 is 1.04 bits per heavy atom. The van der Waals surface area contributed by atoms with Crippen molar-refractivity contribution in [3.8, 4) is 0 Å². The van der Waals surface area contributed by atoms with Crippen molar-refractivity contribution in [3.05, 3.63) is 35.9 Å². The first-order valence-electron chi connectivity index (χ1n) is 9.01. The Morgan fingerprint density at radius 2 is 1.69 bits per heavy atom. The van der Waals surface area contributed by atoms with E-state index >= 15 is 0 Å². The normalized spacial score (nSPS) is 26.3. The van der Waals surface area contributed by atoms with E-state index in [2.05, 4.69) is 5.32 Å². The topological polar surface area (TPSA) is 105 Å². The number of alkyl carbamates (subject to hydrolysis) is 1. The molecule has 1 aromatic carbocycles. The zero-order chi connectivity index (χ0) is 18.9. The Bertz CT molecular complexity index is 579. The number of rotatable bonds is 5. The van der Waals surface area contributed by atoms with Gasteiger partial charge in [0.2, 0.25) is 0 Å². The first-order chi connectivity index (χ1) is 12.5. The molecule has 0 radical (unpaired) electrons. The second-order valence-electron chi connectivity index (χ2n) is 6.46. The number of benzene rings is 1. The maximum absolute atomic E-state index is 12.3. The number of carbonyl (C=O) groups is 2. The predicted molar refractivity (Wildman–Crippen MR) is 94.2 cm³/mol. The lowest BCUT2D eigenvalue weighted by atomic mass is 9.84. The SMILES string of the molecule is CCOC(=O)[C@@H]1CC[C@H](O)[C@H](O)CC[C@@H]1NC(=O)OCc1ccccc1. The molecule has 0 saturated heterocycles. The van der Waals surface area contributed by atoms with Gasteiger partial charge in [-0.1, -0.05) is 30.3 Å². The molecule has 144 valence electrons. The summed E-state index contributed by atoms with van der Waals surface area (Å²) in [5.74, 6) is -0.995. The van der Waals surface area contributed by atoms with Crippen LogP contribution in [-0.2, 0) is 20.9 Å². The van der Waals surface area contributed by atoms with Crippen molar-refractivity contribution >= 4 is 12.1 Å². The number of nitrogens with one attached hydrogen (secondary N) is 1. The first-order valence-corrected chi connectivity index (χ1v) is 9.01. The third-order valence-electron chi connectivity index (χ3n) is 4.58. The second-order valence-corrected chi connectivity index (χ2v) is 6.46. The number of hydrogen-bond donors (Lipinski definition) is 3. The van der Waals surface area contributed by atoms with Crippen LogP contribution in [-0.4, -0.2) is 47.1 Å². The Labute approximate surface area is 153 Å². The Kier molecular flexibility index (Phi) is 7.87. The van der Waals surface area contributed by atoms with E-state index in [1.807, 2.05) is 30.3 Å². The quantitative estimate of drug-likeness (QED) is 0.687. The number of hydrogen-bond acceptors (Lipinski definition) is 6. The molecule has 7 nitrogen and oxygen atoms in total. The van der Waals surface area contributed by atoms with E-state index in [0.29, 0.717) is 12.8 Å². The van der Waals surface area contributed by atoms with Crippen molar-refractivity contribution in [3.63, 3.8) is 0 Å². The minimum atomic E-state index is -0.877. The van der Waals surface area contributed by atoms with Crippen LogP contribution in [0.25, 0.3) is 0 Å². The molecule has 2 rings (SSSR count). The molecule has 4 atom stereocenters. The first kappa shape index (κ1) is 20.2. The number of ether oxygens (including phenoxy) is 2. The molecule has 1 amide bonds. The highest BCUT2D eigenvalue weighted by Gasteiger charge is 2.35. The second kappa shape index (κ2) is 10.1. The van der Waals surface area contributed by atoms with Gasteiger partial charge in [0.05, 0.1) is 24.7 Å². The van der Waals surface area contributed by atoms with Gasteiger partial charge in [0.25, 0.3) is 0 Å². The van der Waals surface area contributed by atoms with Gasteiger partial charge < -0.3 is 25.0 Å². The summed E-state index contributed by atoms with van der Waals surface area (Å²) in [5, 5.41) is 22.5. The molecule has 0 heterocycles. The van der Waals surface area contributed by atoms with Gasteiger partial charge in [0.1, 0.15) is 6.61 Å². The number of carbonyl (C=O) groups excluding carboxylic acids is 2. The molecule has 0 spiro atoms. The van der Waals surface area contributed by atoms with E-state index < -0.39 is 36.2 Å². The number of esters is 1. The molecule has 0 aliphatic heterocycles. The summed E-state index contributed by atoms with van der Waals surface area (Å²) in [7, 11) is 0. The van der Waals surface area contributed by atoms with Crippen LogP contribution in [0.15, 0.2) is 30.3 Å². The lowest BCUT2D eigenvalue weighted by Gasteiger charge is -2.31. The number of amides is 1. The van der Waals surface area contributed by atoms with Gasteiger partial charge in [-0.25, -0.2) is 4.79 Å². The smallest absolute Gasteiger partial charge is 0.407 e. The molecule has 0 aromatic heterocycles. The highest BCUT2D eigenvalue weighted by atomic mass is 16.5. The van der Waals surface area contributed by atoms with Crippen LogP contribution in [0.5, 0.6) is 0 Å². The fourth-order valence-electron chi connectivity index (χ4n) is 3.11. The average molecular weight is 365 g/mol. The molecular formula is C19H27NO6. The van der Waals surface area contributed by atoms with E-state index in [1.54, 1.807) is 6.92 Å². The monoisotopic (exact) mass is 365 g/mol. The Hall–Kier alpha value is -2.12. The maximum atomic E-state index is 12.3. The van der Waals surface area contributed by atoms with Crippen molar-refractivity contribution in [1.29, 1.82) is 0 Å². The van der Waals surface area contributed by atoms with Crippen molar-refractivity contribution in [2.75, 3.05) is 6.61 Å². The number of aliphatic hydroxyl groups excluding tert-OH is 2. The molecule has 1 fully saturated rings. The average Bonchev–Trinajstić information content (AvgIpc) is 2.64. The molecule has 7 heteroatoms. The molecule has 3 N–H and O–H groups in total. The van der Waals surface area contributed by atoms with Gasteiger partial charge in [-0.2, -0.15) is 0 Å². The molecule has 1 saturated carbocycles. The molecule has 0 bridgehead atoms. The van der Waals surface area contributed by atoms with Crippen molar-refractivity contribution in [2.24, 2.45) is 5.92 Å². The summed E-state index contributed by atoms with van der Waals surface area (Å²) < 4.78 is 10.3. The van der Waals surface area contributed by atoms with Crippen molar-refractivity contribution < 1.29 is 29.3 Å². The van der Waals surface area contributed by atoms with Gasteiger partial charge in [0, 0.05) is 6.04 Å².